The Morgan fingerprint density at radius 1 is 1.19 bits per heavy atom. The fourth-order valence-electron chi connectivity index (χ4n) is 2.49. The molecule has 0 radical (unpaired) electrons. The Hall–Kier alpha value is -3.66. The highest BCUT2D eigenvalue weighted by Gasteiger charge is 2.14. The topological polar surface area (TPSA) is 88.0 Å². The van der Waals surface area contributed by atoms with E-state index in [2.05, 4.69) is 5.32 Å². The number of carbonyl (C=O) groups is 1. The molecule has 1 aromatic carbocycles. The van der Waals surface area contributed by atoms with Gasteiger partial charge in [-0.1, -0.05) is 0 Å². The van der Waals surface area contributed by atoms with Crippen molar-refractivity contribution in [3.63, 3.8) is 0 Å². The molecule has 7 heteroatoms. The van der Waals surface area contributed by atoms with Crippen molar-refractivity contribution in [1.29, 1.82) is 5.26 Å². The van der Waals surface area contributed by atoms with Crippen LogP contribution in [-0.4, -0.2) is 10.5 Å². The smallest absolute Gasteiger partial charge is 0.269 e. The quantitative estimate of drug-likeness (QED) is 0.765. The highest BCUT2D eigenvalue weighted by Crippen LogP contribution is 2.19. The summed E-state index contributed by atoms with van der Waals surface area (Å²) in [5, 5.41) is 11.7. The number of nitrogens with zero attached hydrogens (tertiary/aromatic N) is 2. The van der Waals surface area contributed by atoms with E-state index in [4.69, 9.17) is 9.68 Å². The summed E-state index contributed by atoms with van der Waals surface area (Å²) in [6.45, 7) is -0.0911. The van der Waals surface area contributed by atoms with Crippen molar-refractivity contribution in [3.05, 3.63) is 82.3 Å². The lowest BCUT2D eigenvalue weighted by Crippen LogP contribution is -2.33. The fraction of sp³-hybridized carbons (Fsp3) is 0.105. The first-order valence-corrected chi connectivity index (χ1v) is 7.77. The number of halogens is 1. The zero-order valence-corrected chi connectivity index (χ0v) is 13.6. The number of aromatic nitrogens is 1. The minimum atomic E-state index is -0.581. The zero-order valence-electron chi connectivity index (χ0n) is 13.6. The Morgan fingerprint density at radius 3 is 2.62 bits per heavy atom. The molecule has 0 fully saturated rings. The number of nitriles is 1. The number of hydrogen-bond donors (Lipinski definition) is 1. The molecule has 0 spiro atoms. The van der Waals surface area contributed by atoms with Crippen LogP contribution in [0.3, 0.4) is 0 Å². The van der Waals surface area contributed by atoms with Gasteiger partial charge in [-0.25, -0.2) is 4.39 Å². The van der Waals surface area contributed by atoms with E-state index < -0.39 is 17.3 Å². The van der Waals surface area contributed by atoms with E-state index in [1.807, 2.05) is 6.07 Å². The summed E-state index contributed by atoms with van der Waals surface area (Å²) in [5.74, 6) is -0.246. The van der Waals surface area contributed by atoms with Crippen molar-refractivity contribution in [2.75, 3.05) is 0 Å². The Labute approximate surface area is 148 Å². The van der Waals surface area contributed by atoms with Crippen LogP contribution in [0.1, 0.15) is 11.3 Å². The van der Waals surface area contributed by atoms with Crippen LogP contribution in [0.15, 0.2) is 64.0 Å². The molecule has 0 saturated heterocycles. The molecule has 0 saturated carbocycles. The van der Waals surface area contributed by atoms with Crippen molar-refractivity contribution in [1.82, 2.24) is 9.88 Å². The normalized spacial score (nSPS) is 10.3. The SMILES string of the molecule is N#Cc1ccc(-c2ccc(F)cc2)n(CC(=O)NCc2ccco2)c1=O. The second-order valence-corrected chi connectivity index (χ2v) is 5.50. The summed E-state index contributed by atoms with van der Waals surface area (Å²) in [4.78, 5) is 24.7. The van der Waals surface area contributed by atoms with Gasteiger partial charge in [0.05, 0.1) is 18.5 Å². The molecular formula is C19H14FN3O3. The number of carbonyl (C=O) groups excluding carboxylic acids is 1. The van der Waals surface area contributed by atoms with Crippen LogP contribution in [0, 0.1) is 17.1 Å². The number of nitrogens with one attached hydrogen (secondary N) is 1. The van der Waals surface area contributed by atoms with Crippen LogP contribution >= 0.6 is 0 Å². The summed E-state index contributed by atoms with van der Waals surface area (Å²) in [6, 6.07) is 13.7. The summed E-state index contributed by atoms with van der Waals surface area (Å²) >= 11 is 0. The van der Waals surface area contributed by atoms with Gasteiger partial charge in [-0.2, -0.15) is 5.26 Å². The van der Waals surface area contributed by atoms with E-state index in [-0.39, 0.29) is 18.7 Å². The average molecular weight is 351 g/mol. The lowest BCUT2D eigenvalue weighted by Gasteiger charge is -2.13. The number of furan rings is 1. The second kappa shape index (κ2) is 7.49. The molecule has 0 bridgehead atoms. The Kier molecular flexibility index (Phi) is 4.94. The van der Waals surface area contributed by atoms with Crippen LogP contribution in [0.25, 0.3) is 11.3 Å². The van der Waals surface area contributed by atoms with Crippen molar-refractivity contribution in [3.8, 4) is 17.3 Å². The van der Waals surface area contributed by atoms with E-state index in [9.17, 15) is 14.0 Å². The number of amides is 1. The first-order valence-electron chi connectivity index (χ1n) is 7.77. The van der Waals surface area contributed by atoms with Crippen LogP contribution in [0.4, 0.5) is 4.39 Å². The number of pyridine rings is 1. The van der Waals surface area contributed by atoms with E-state index in [1.165, 1.54) is 41.2 Å². The first kappa shape index (κ1) is 17.2. The monoisotopic (exact) mass is 351 g/mol. The van der Waals surface area contributed by atoms with Gasteiger partial charge in [-0.3, -0.25) is 14.2 Å². The minimum Gasteiger partial charge on any atom is -0.467 e. The van der Waals surface area contributed by atoms with Crippen LogP contribution < -0.4 is 10.9 Å². The zero-order chi connectivity index (χ0) is 18.5. The number of rotatable bonds is 5. The van der Waals surface area contributed by atoms with Crippen LogP contribution in [-0.2, 0) is 17.9 Å². The van der Waals surface area contributed by atoms with Gasteiger partial charge in [0.15, 0.2) is 0 Å². The Bertz CT molecular complexity index is 1020. The van der Waals surface area contributed by atoms with Gasteiger partial charge < -0.3 is 9.73 Å². The molecular weight excluding hydrogens is 337 g/mol. The molecule has 1 amide bonds. The molecule has 0 aliphatic carbocycles. The van der Waals surface area contributed by atoms with Crippen LogP contribution in [0.5, 0.6) is 0 Å². The lowest BCUT2D eigenvalue weighted by molar-refractivity contribution is -0.121. The van der Waals surface area contributed by atoms with Gasteiger partial charge in [-0.15, -0.1) is 0 Å². The van der Waals surface area contributed by atoms with Crippen LogP contribution in [0.2, 0.25) is 0 Å². The van der Waals surface area contributed by atoms with Gasteiger partial charge in [0.25, 0.3) is 5.56 Å². The van der Waals surface area contributed by atoms with E-state index in [0.717, 1.165) is 0 Å². The largest absolute Gasteiger partial charge is 0.467 e. The van der Waals surface area contributed by atoms with Gasteiger partial charge in [0, 0.05) is 0 Å². The minimum absolute atomic E-state index is 0.0744. The highest BCUT2D eigenvalue weighted by molar-refractivity contribution is 5.76. The number of hydrogen-bond acceptors (Lipinski definition) is 4. The third-order valence-corrected chi connectivity index (χ3v) is 3.78. The van der Waals surface area contributed by atoms with Crippen molar-refractivity contribution in [2.24, 2.45) is 0 Å². The molecule has 2 aromatic heterocycles. The fourth-order valence-corrected chi connectivity index (χ4v) is 2.49. The van der Waals surface area contributed by atoms with E-state index >= 15 is 0 Å². The third kappa shape index (κ3) is 3.70. The lowest BCUT2D eigenvalue weighted by atomic mass is 10.1. The third-order valence-electron chi connectivity index (χ3n) is 3.78. The molecule has 0 atom stereocenters. The summed E-state index contributed by atoms with van der Waals surface area (Å²) in [7, 11) is 0. The molecule has 0 aliphatic rings. The molecule has 130 valence electrons. The molecule has 3 aromatic rings. The average Bonchev–Trinajstić information content (AvgIpc) is 3.16. The Morgan fingerprint density at radius 2 is 1.96 bits per heavy atom. The predicted octanol–water partition coefficient (Wildman–Crippen LogP) is 2.44. The second-order valence-electron chi connectivity index (χ2n) is 5.50. The molecule has 6 nitrogen and oxygen atoms in total. The standard InChI is InChI=1S/C19H14FN3O3/c20-15-6-3-13(4-7-15)17-8-5-14(10-21)19(25)23(17)12-18(24)22-11-16-2-1-9-26-16/h1-9H,11-12H2,(H,22,24). The molecule has 2 heterocycles. The van der Waals surface area contributed by atoms with Gasteiger partial charge in [-0.05, 0) is 54.1 Å². The van der Waals surface area contributed by atoms with Crippen molar-refractivity contribution < 1.29 is 13.6 Å². The molecule has 3 rings (SSSR count). The van der Waals surface area contributed by atoms with E-state index in [1.54, 1.807) is 18.2 Å². The number of benzene rings is 1. The maximum absolute atomic E-state index is 13.2. The summed E-state index contributed by atoms with van der Waals surface area (Å²) in [5.41, 5.74) is 0.325. The Balaban J connectivity index is 1.90. The van der Waals surface area contributed by atoms with Gasteiger partial charge in [0.2, 0.25) is 5.91 Å². The maximum atomic E-state index is 13.2. The maximum Gasteiger partial charge on any atom is 0.269 e. The van der Waals surface area contributed by atoms with Crippen molar-refractivity contribution in [2.45, 2.75) is 13.1 Å². The summed E-state index contributed by atoms with van der Waals surface area (Å²) < 4.78 is 19.5. The highest BCUT2D eigenvalue weighted by atomic mass is 19.1. The van der Waals surface area contributed by atoms with Crippen molar-refractivity contribution >= 4 is 5.91 Å². The molecule has 0 aliphatic heterocycles. The molecule has 0 unspecified atom stereocenters. The van der Waals surface area contributed by atoms with E-state index in [0.29, 0.717) is 17.0 Å². The first-order chi connectivity index (χ1) is 12.6. The predicted molar refractivity (Wildman–Crippen MR) is 91.4 cm³/mol. The molecule has 1 N–H and O–H groups in total. The van der Waals surface area contributed by atoms with Gasteiger partial charge in [0.1, 0.15) is 29.8 Å². The summed E-state index contributed by atoms with van der Waals surface area (Å²) in [6.07, 6.45) is 1.50. The molecule has 26 heavy (non-hydrogen) atoms. The van der Waals surface area contributed by atoms with Gasteiger partial charge >= 0.3 is 0 Å².